The molecular weight excluding hydrogens is 449 g/mol. The topological polar surface area (TPSA) is 103 Å². The van der Waals surface area contributed by atoms with Crippen molar-refractivity contribution in [3.05, 3.63) is 53.3 Å². The van der Waals surface area contributed by atoms with Crippen LogP contribution in [0.1, 0.15) is 35.0 Å². The minimum absolute atomic E-state index is 0.193. The highest BCUT2D eigenvalue weighted by Gasteiger charge is 2.39. The fraction of sp³-hybridized carbons (Fsp3) is 0.348. The number of amides is 1. The van der Waals surface area contributed by atoms with Crippen molar-refractivity contribution in [3.63, 3.8) is 0 Å². The number of carbonyl (C=O) groups is 1. The van der Waals surface area contributed by atoms with Gasteiger partial charge in [0.1, 0.15) is 23.4 Å². The zero-order valence-corrected chi connectivity index (χ0v) is 19.0. The number of carbonyl (C=O) groups excluding carboxylic acids is 1. The first-order valence-electron chi connectivity index (χ1n) is 10.7. The molecule has 8 nitrogen and oxygen atoms in total. The van der Waals surface area contributed by atoms with Crippen molar-refractivity contribution in [2.24, 2.45) is 0 Å². The highest BCUT2D eigenvalue weighted by atomic mass is 32.2. The molecular formula is C23H24FN3O5S. The van der Waals surface area contributed by atoms with Crippen LogP contribution in [0.25, 0.3) is 22.3 Å². The molecule has 174 valence electrons. The average molecular weight is 474 g/mol. The molecule has 2 aromatic carbocycles. The predicted molar refractivity (Wildman–Crippen MR) is 122 cm³/mol. The molecule has 33 heavy (non-hydrogen) atoms. The zero-order valence-electron chi connectivity index (χ0n) is 18.2. The summed E-state index contributed by atoms with van der Waals surface area (Å²) in [6.45, 7) is 0.580. The van der Waals surface area contributed by atoms with Crippen molar-refractivity contribution in [1.29, 1.82) is 0 Å². The molecule has 1 fully saturated rings. The maximum atomic E-state index is 13.5. The lowest BCUT2D eigenvalue weighted by molar-refractivity contribution is 0.000926. The molecule has 2 N–H and O–H groups in total. The normalized spacial score (nSPS) is 19.4. The Bertz CT molecular complexity index is 1350. The summed E-state index contributed by atoms with van der Waals surface area (Å²) in [4.78, 5) is 14.7. The van der Waals surface area contributed by atoms with Crippen LogP contribution in [0.3, 0.4) is 0 Å². The van der Waals surface area contributed by atoms with Crippen LogP contribution in [0, 0.1) is 5.82 Å². The van der Waals surface area contributed by atoms with Gasteiger partial charge in [0.25, 0.3) is 5.91 Å². The number of sulfonamides is 1. The summed E-state index contributed by atoms with van der Waals surface area (Å²) in [5.74, 6) is -0.589. The number of nitrogens with one attached hydrogen (secondary N) is 1. The van der Waals surface area contributed by atoms with Gasteiger partial charge in [0.2, 0.25) is 10.0 Å². The van der Waals surface area contributed by atoms with Crippen LogP contribution < -0.4 is 9.62 Å². The largest absolute Gasteiger partial charge is 0.455 e. The molecule has 1 aromatic heterocycles. The lowest BCUT2D eigenvalue weighted by Gasteiger charge is -2.25. The van der Waals surface area contributed by atoms with Gasteiger partial charge in [-0.15, -0.1) is 0 Å². The number of anilines is 1. The third kappa shape index (κ3) is 3.77. The molecule has 1 saturated carbocycles. The fourth-order valence-corrected chi connectivity index (χ4v) is 5.42. The maximum Gasteiger partial charge on any atom is 0.255 e. The summed E-state index contributed by atoms with van der Waals surface area (Å²) in [5.41, 5.74) is 1.76. The second kappa shape index (κ2) is 7.82. The van der Waals surface area contributed by atoms with E-state index in [1.807, 2.05) is 4.90 Å². The van der Waals surface area contributed by atoms with Crippen molar-refractivity contribution >= 4 is 32.6 Å². The van der Waals surface area contributed by atoms with E-state index in [0.717, 1.165) is 19.1 Å². The van der Waals surface area contributed by atoms with Crippen LogP contribution in [0.4, 0.5) is 10.1 Å². The minimum atomic E-state index is -3.63. The van der Waals surface area contributed by atoms with Crippen LogP contribution in [-0.2, 0) is 10.0 Å². The fourth-order valence-electron chi connectivity index (χ4n) is 4.49. The van der Waals surface area contributed by atoms with E-state index in [2.05, 4.69) is 5.32 Å². The van der Waals surface area contributed by atoms with Crippen molar-refractivity contribution < 1.29 is 27.1 Å². The van der Waals surface area contributed by atoms with Crippen LogP contribution in [-0.4, -0.2) is 56.8 Å². The van der Waals surface area contributed by atoms with Crippen molar-refractivity contribution in [2.75, 3.05) is 30.7 Å². The Labute approximate surface area is 190 Å². The summed E-state index contributed by atoms with van der Waals surface area (Å²) in [6.07, 6.45) is 1.99. The number of nitrogens with zero attached hydrogens (tertiary/aromatic N) is 2. The second-order valence-electron chi connectivity index (χ2n) is 8.48. The van der Waals surface area contributed by atoms with Gasteiger partial charge >= 0.3 is 0 Å². The Morgan fingerprint density at radius 3 is 2.48 bits per heavy atom. The second-order valence-corrected chi connectivity index (χ2v) is 10.4. The Morgan fingerprint density at radius 1 is 1.18 bits per heavy atom. The SMILES string of the molecule is CNC(=O)c1c(-c2ccc(F)cc2)oc2cc3c(cc12)C(O)N(C1CC1)CCN3S(C)(=O)=O. The molecule has 5 rings (SSSR count). The summed E-state index contributed by atoms with van der Waals surface area (Å²) in [7, 11) is -2.14. The van der Waals surface area contributed by atoms with E-state index in [4.69, 9.17) is 4.42 Å². The number of rotatable bonds is 4. The number of aliphatic hydroxyl groups excluding tert-OH is 1. The van der Waals surface area contributed by atoms with E-state index in [1.54, 1.807) is 12.1 Å². The van der Waals surface area contributed by atoms with Gasteiger partial charge in [-0.1, -0.05) is 0 Å². The van der Waals surface area contributed by atoms with Gasteiger partial charge in [0, 0.05) is 48.8 Å². The number of furan rings is 1. The van der Waals surface area contributed by atoms with Crippen LogP contribution in [0.15, 0.2) is 40.8 Å². The highest BCUT2D eigenvalue weighted by molar-refractivity contribution is 7.92. The van der Waals surface area contributed by atoms with Crippen molar-refractivity contribution in [3.8, 4) is 11.3 Å². The monoisotopic (exact) mass is 473 g/mol. The number of aliphatic hydroxyl groups is 1. The smallest absolute Gasteiger partial charge is 0.255 e. The molecule has 3 aromatic rings. The molecule has 1 aliphatic carbocycles. The molecule has 0 saturated heterocycles. The zero-order chi connectivity index (χ0) is 23.5. The molecule has 1 atom stereocenters. The van der Waals surface area contributed by atoms with E-state index in [9.17, 15) is 22.7 Å². The van der Waals surface area contributed by atoms with E-state index in [1.165, 1.54) is 35.6 Å². The summed E-state index contributed by atoms with van der Waals surface area (Å²) in [5, 5.41) is 14.3. The average Bonchev–Trinajstić information content (AvgIpc) is 3.55. The van der Waals surface area contributed by atoms with Gasteiger partial charge in [-0.3, -0.25) is 14.0 Å². The standard InChI is InChI=1S/C23H24FN3O5S/c1-25-22(28)20-17-11-16-18(12-19(17)32-21(20)13-3-5-14(24)6-4-13)27(33(2,30)31)10-9-26(23(16)29)15-7-8-15/h3-6,11-12,15,23,29H,7-10H2,1-2H3,(H,25,28). The van der Waals surface area contributed by atoms with Crippen LogP contribution >= 0.6 is 0 Å². The lowest BCUT2D eigenvalue weighted by atomic mass is 10.0. The van der Waals surface area contributed by atoms with Gasteiger partial charge in [-0.25, -0.2) is 12.8 Å². The van der Waals surface area contributed by atoms with Crippen molar-refractivity contribution in [2.45, 2.75) is 25.1 Å². The number of halogens is 1. The predicted octanol–water partition coefficient (Wildman–Crippen LogP) is 2.83. The quantitative estimate of drug-likeness (QED) is 0.604. The molecule has 0 radical (unpaired) electrons. The summed E-state index contributed by atoms with van der Waals surface area (Å²) < 4.78 is 46.0. The van der Waals surface area contributed by atoms with Gasteiger partial charge in [0.15, 0.2) is 0 Å². The third-order valence-corrected chi connectivity index (χ3v) is 7.42. The molecule has 0 spiro atoms. The maximum absolute atomic E-state index is 13.5. The minimum Gasteiger partial charge on any atom is -0.455 e. The van der Waals surface area contributed by atoms with Crippen LogP contribution in [0.2, 0.25) is 0 Å². The molecule has 1 unspecified atom stereocenters. The van der Waals surface area contributed by atoms with E-state index in [-0.39, 0.29) is 23.9 Å². The summed E-state index contributed by atoms with van der Waals surface area (Å²) in [6, 6.07) is 8.95. The number of hydrogen-bond acceptors (Lipinski definition) is 6. The first-order chi connectivity index (χ1) is 15.7. The van der Waals surface area contributed by atoms with Gasteiger partial charge in [-0.2, -0.15) is 0 Å². The van der Waals surface area contributed by atoms with E-state index < -0.39 is 28.0 Å². The Balaban J connectivity index is 1.78. The molecule has 1 aliphatic heterocycles. The Morgan fingerprint density at radius 2 is 1.88 bits per heavy atom. The number of fused-ring (bicyclic) bond motifs is 2. The Hall–Kier alpha value is -2.95. The van der Waals surface area contributed by atoms with Gasteiger partial charge in [-0.05, 0) is 43.2 Å². The summed E-state index contributed by atoms with van der Waals surface area (Å²) >= 11 is 0. The first-order valence-corrected chi connectivity index (χ1v) is 12.5. The van der Waals surface area contributed by atoms with Gasteiger partial charge in [0.05, 0.1) is 17.5 Å². The highest BCUT2D eigenvalue weighted by Crippen LogP contribution is 2.43. The van der Waals surface area contributed by atoms with Crippen molar-refractivity contribution in [1.82, 2.24) is 10.2 Å². The molecule has 10 heteroatoms. The molecule has 2 heterocycles. The van der Waals surface area contributed by atoms with Gasteiger partial charge < -0.3 is 14.8 Å². The van der Waals surface area contributed by atoms with Crippen LogP contribution in [0.5, 0.6) is 0 Å². The van der Waals surface area contributed by atoms with E-state index in [0.29, 0.717) is 34.3 Å². The number of hydrogen-bond donors (Lipinski definition) is 2. The molecule has 1 amide bonds. The number of benzene rings is 2. The molecule has 2 aliphatic rings. The third-order valence-electron chi connectivity index (χ3n) is 6.24. The van der Waals surface area contributed by atoms with E-state index >= 15 is 0 Å². The molecule has 0 bridgehead atoms. The lowest BCUT2D eigenvalue weighted by Crippen LogP contribution is -2.37. The first kappa shape index (κ1) is 21.9. The Kier molecular flexibility index (Phi) is 5.19.